The van der Waals surface area contributed by atoms with Crippen LogP contribution in [-0.2, 0) is 4.74 Å². The topological polar surface area (TPSA) is 54.6 Å². The van der Waals surface area contributed by atoms with Gasteiger partial charge in [-0.3, -0.25) is 4.90 Å². The Morgan fingerprint density at radius 1 is 1.17 bits per heavy atom. The SMILES string of the molecule is CC(C)c1noc(C(C)N2CCC(OCCN3CCCCC3)C2)n1. The summed E-state index contributed by atoms with van der Waals surface area (Å²) in [5.74, 6) is 1.83. The van der Waals surface area contributed by atoms with Gasteiger partial charge < -0.3 is 14.2 Å². The van der Waals surface area contributed by atoms with Crippen LogP contribution >= 0.6 is 0 Å². The zero-order valence-electron chi connectivity index (χ0n) is 15.4. The molecule has 3 heterocycles. The van der Waals surface area contributed by atoms with Gasteiger partial charge >= 0.3 is 0 Å². The Morgan fingerprint density at radius 2 is 1.96 bits per heavy atom. The van der Waals surface area contributed by atoms with Crippen LogP contribution in [0.1, 0.15) is 70.1 Å². The minimum absolute atomic E-state index is 0.167. The summed E-state index contributed by atoms with van der Waals surface area (Å²) in [7, 11) is 0. The molecule has 2 atom stereocenters. The minimum Gasteiger partial charge on any atom is -0.376 e. The third kappa shape index (κ3) is 4.55. The molecule has 2 aliphatic rings. The van der Waals surface area contributed by atoms with Gasteiger partial charge in [-0.25, -0.2) is 0 Å². The summed E-state index contributed by atoms with van der Waals surface area (Å²) in [5.41, 5.74) is 0. The van der Waals surface area contributed by atoms with Gasteiger partial charge in [-0.1, -0.05) is 25.4 Å². The summed E-state index contributed by atoms with van der Waals surface area (Å²) in [4.78, 5) is 9.46. The van der Waals surface area contributed by atoms with Crippen molar-refractivity contribution in [3.8, 4) is 0 Å². The normalized spacial score (nSPS) is 24.8. The molecule has 0 radical (unpaired) electrons. The van der Waals surface area contributed by atoms with Gasteiger partial charge in [0.15, 0.2) is 5.82 Å². The van der Waals surface area contributed by atoms with Crippen molar-refractivity contribution in [1.29, 1.82) is 0 Å². The summed E-state index contributed by atoms with van der Waals surface area (Å²) in [5, 5.41) is 4.08. The maximum atomic E-state index is 6.12. The van der Waals surface area contributed by atoms with E-state index in [0.29, 0.717) is 12.0 Å². The monoisotopic (exact) mass is 336 g/mol. The largest absolute Gasteiger partial charge is 0.376 e. The molecule has 3 rings (SSSR count). The summed E-state index contributed by atoms with van der Waals surface area (Å²) in [6, 6.07) is 0.167. The molecule has 0 aliphatic carbocycles. The highest BCUT2D eigenvalue weighted by Crippen LogP contribution is 2.25. The first-order valence-corrected chi connectivity index (χ1v) is 9.55. The fourth-order valence-electron chi connectivity index (χ4n) is 3.58. The van der Waals surface area contributed by atoms with Gasteiger partial charge in [0.25, 0.3) is 0 Å². The lowest BCUT2D eigenvalue weighted by Gasteiger charge is -2.27. The van der Waals surface area contributed by atoms with Crippen LogP contribution in [0.3, 0.4) is 0 Å². The second-order valence-electron chi connectivity index (χ2n) is 7.50. The molecule has 1 aromatic rings. The zero-order chi connectivity index (χ0) is 16.9. The molecule has 2 saturated heterocycles. The molecule has 24 heavy (non-hydrogen) atoms. The number of hydrogen-bond acceptors (Lipinski definition) is 6. The lowest BCUT2D eigenvalue weighted by atomic mass is 10.1. The summed E-state index contributed by atoms with van der Waals surface area (Å²) >= 11 is 0. The Labute approximate surface area is 145 Å². The van der Waals surface area contributed by atoms with E-state index < -0.39 is 0 Å². The van der Waals surface area contributed by atoms with Crippen LogP contribution in [-0.4, -0.2) is 65.4 Å². The molecule has 2 aliphatic heterocycles. The number of hydrogen-bond donors (Lipinski definition) is 0. The molecule has 1 aromatic heterocycles. The Bertz CT molecular complexity index is 499. The molecule has 0 spiro atoms. The summed E-state index contributed by atoms with van der Waals surface area (Å²) in [6.07, 6.45) is 5.51. The minimum atomic E-state index is 0.167. The molecule has 6 nitrogen and oxygen atoms in total. The number of nitrogens with zero attached hydrogens (tertiary/aromatic N) is 4. The lowest BCUT2D eigenvalue weighted by Crippen LogP contribution is -2.34. The first-order chi connectivity index (χ1) is 11.6. The van der Waals surface area contributed by atoms with Gasteiger partial charge in [0.2, 0.25) is 5.89 Å². The second-order valence-corrected chi connectivity index (χ2v) is 7.50. The van der Waals surface area contributed by atoms with Crippen LogP contribution < -0.4 is 0 Å². The molecule has 0 aromatic carbocycles. The molecule has 2 unspecified atom stereocenters. The molecule has 0 amide bonds. The number of rotatable bonds is 7. The van der Waals surface area contributed by atoms with Crippen LogP contribution in [0.4, 0.5) is 0 Å². The molecule has 0 saturated carbocycles. The Balaban J connectivity index is 1.40. The molecular weight excluding hydrogens is 304 g/mol. The maximum Gasteiger partial charge on any atom is 0.243 e. The highest BCUT2D eigenvalue weighted by molar-refractivity contribution is 4.97. The maximum absolute atomic E-state index is 6.12. The van der Waals surface area contributed by atoms with E-state index in [-0.39, 0.29) is 6.04 Å². The number of piperidine rings is 1. The predicted molar refractivity (Wildman–Crippen MR) is 93.0 cm³/mol. The van der Waals surface area contributed by atoms with Crippen molar-refractivity contribution in [3.63, 3.8) is 0 Å². The number of likely N-dealkylation sites (tertiary alicyclic amines) is 2. The van der Waals surface area contributed by atoms with E-state index in [2.05, 4.69) is 40.7 Å². The van der Waals surface area contributed by atoms with Crippen LogP contribution in [0.25, 0.3) is 0 Å². The van der Waals surface area contributed by atoms with E-state index in [4.69, 9.17) is 9.26 Å². The quantitative estimate of drug-likeness (QED) is 0.763. The fraction of sp³-hybridized carbons (Fsp3) is 0.889. The highest BCUT2D eigenvalue weighted by atomic mass is 16.5. The summed E-state index contributed by atoms with van der Waals surface area (Å²) < 4.78 is 11.6. The average molecular weight is 336 g/mol. The predicted octanol–water partition coefficient (Wildman–Crippen LogP) is 2.83. The van der Waals surface area contributed by atoms with Crippen molar-refractivity contribution in [2.45, 2.75) is 64.5 Å². The second kappa shape index (κ2) is 8.41. The van der Waals surface area contributed by atoms with Gasteiger partial charge in [0, 0.05) is 25.6 Å². The van der Waals surface area contributed by atoms with E-state index in [1.165, 1.54) is 32.4 Å². The Hall–Kier alpha value is -0.980. The van der Waals surface area contributed by atoms with E-state index in [9.17, 15) is 0 Å². The van der Waals surface area contributed by atoms with Crippen molar-refractivity contribution < 1.29 is 9.26 Å². The van der Waals surface area contributed by atoms with Crippen LogP contribution in [0, 0.1) is 0 Å². The first kappa shape index (κ1) is 17.8. The van der Waals surface area contributed by atoms with Gasteiger partial charge in [-0.2, -0.15) is 4.98 Å². The Kier molecular flexibility index (Phi) is 6.25. The third-order valence-corrected chi connectivity index (χ3v) is 5.27. The summed E-state index contributed by atoms with van der Waals surface area (Å²) in [6.45, 7) is 12.7. The van der Waals surface area contributed by atoms with Gasteiger partial charge in [0.1, 0.15) is 0 Å². The fourth-order valence-corrected chi connectivity index (χ4v) is 3.58. The van der Waals surface area contributed by atoms with Crippen molar-refractivity contribution in [3.05, 3.63) is 11.7 Å². The van der Waals surface area contributed by atoms with Crippen LogP contribution in [0.15, 0.2) is 4.52 Å². The Morgan fingerprint density at radius 3 is 2.67 bits per heavy atom. The smallest absolute Gasteiger partial charge is 0.243 e. The average Bonchev–Trinajstić information content (AvgIpc) is 3.25. The van der Waals surface area contributed by atoms with Crippen molar-refractivity contribution in [2.24, 2.45) is 0 Å². The molecular formula is C18H32N4O2. The molecule has 136 valence electrons. The van der Waals surface area contributed by atoms with E-state index in [0.717, 1.165) is 44.4 Å². The molecule has 6 heteroatoms. The molecule has 0 N–H and O–H groups in total. The van der Waals surface area contributed by atoms with Gasteiger partial charge in [-0.15, -0.1) is 0 Å². The van der Waals surface area contributed by atoms with Gasteiger partial charge in [0.05, 0.1) is 18.8 Å². The van der Waals surface area contributed by atoms with Crippen molar-refractivity contribution in [2.75, 3.05) is 39.3 Å². The van der Waals surface area contributed by atoms with E-state index in [1.54, 1.807) is 0 Å². The van der Waals surface area contributed by atoms with Crippen LogP contribution in [0.2, 0.25) is 0 Å². The lowest BCUT2D eigenvalue weighted by molar-refractivity contribution is 0.0362. The highest BCUT2D eigenvalue weighted by Gasteiger charge is 2.30. The number of aromatic nitrogens is 2. The van der Waals surface area contributed by atoms with Gasteiger partial charge in [-0.05, 0) is 39.3 Å². The van der Waals surface area contributed by atoms with E-state index in [1.807, 2.05) is 0 Å². The first-order valence-electron chi connectivity index (χ1n) is 9.55. The number of ether oxygens (including phenoxy) is 1. The molecule has 2 fully saturated rings. The van der Waals surface area contributed by atoms with Crippen LogP contribution in [0.5, 0.6) is 0 Å². The third-order valence-electron chi connectivity index (χ3n) is 5.27. The molecule has 0 bridgehead atoms. The zero-order valence-corrected chi connectivity index (χ0v) is 15.4. The standard InChI is InChI=1S/C18H32N4O2/c1-14(2)17-19-18(24-20-17)15(3)22-10-7-16(13-22)23-12-11-21-8-5-4-6-9-21/h14-16H,4-13H2,1-3H3. The van der Waals surface area contributed by atoms with E-state index >= 15 is 0 Å². The van der Waals surface area contributed by atoms with Crippen molar-refractivity contribution >= 4 is 0 Å². The van der Waals surface area contributed by atoms with Crippen molar-refractivity contribution in [1.82, 2.24) is 19.9 Å².